The highest BCUT2D eigenvalue weighted by atomic mass is 19.1. The number of benzene rings is 2. The first kappa shape index (κ1) is 19.8. The third-order valence-electron chi connectivity index (χ3n) is 4.16. The third-order valence-corrected chi connectivity index (χ3v) is 4.16. The lowest BCUT2D eigenvalue weighted by atomic mass is 10.1. The smallest absolute Gasteiger partial charge is 0.191 e. The number of hydrogen-bond donors (Lipinski definition) is 2. The largest absolute Gasteiger partial charge is 0.356 e. The van der Waals surface area contributed by atoms with E-state index < -0.39 is 0 Å². The van der Waals surface area contributed by atoms with Crippen LogP contribution in [0.4, 0.5) is 8.78 Å². The fourth-order valence-corrected chi connectivity index (χ4v) is 2.70. The van der Waals surface area contributed by atoms with Crippen LogP contribution in [0.1, 0.15) is 17.2 Å². The van der Waals surface area contributed by atoms with Crippen LogP contribution < -0.4 is 10.6 Å². The van der Waals surface area contributed by atoms with Crippen LogP contribution in [0.3, 0.4) is 0 Å². The summed E-state index contributed by atoms with van der Waals surface area (Å²) in [5, 5.41) is 6.52. The molecule has 2 aromatic carbocycles. The summed E-state index contributed by atoms with van der Waals surface area (Å²) in [7, 11) is 5.63. The van der Waals surface area contributed by atoms with Crippen LogP contribution in [0.25, 0.3) is 0 Å². The average molecular weight is 360 g/mol. The second-order valence-electron chi connectivity index (χ2n) is 6.29. The first-order chi connectivity index (χ1) is 12.5. The van der Waals surface area contributed by atoms with E-state index in [1.165, 1.54) is 18.2 Å². The Morgan fingerprint density at radius 1 is 1.04 bits per heavy atom. The van der Waals surface area contributed by atoms with Crippen molar-refractivity contribution >= 4 is 5.96 Å². The van der Waals surface area contributed by atoms with E-state index in [1.54, 1.807) is 31.3 Å². The molecule has 0 aromatic heterocycles. The van der Waals surface area contributed by atoms with Crippen molar-refractivity contribution in [1.29, 1.82) is 0 Å². The van der Waals surface area contributed by atoms with Gasteiger partial charge in [0.2, 0.25) is 0 Å². The minimum Gasteiger partial charge on any atom is -0.356 e. The van der Waals surface area contributed by atoms with Gasteiger partial charge in [-0.15, -0.1) is 0 Å². The molecule has 0 spiro atoms. The highest BCUT2D eigenvalue weighted by Crippen LogP contribution is 2.18. The molecule has 4 nitrogen and oxygen atoms in total. The Morgan fingerprint density at radius 2 is 1.77 bits per heavy atom. The Hall–Kier alpha value is -2.47. The molecule has 0 fully saturated rings. The van der Waals surface area contributed by atoms with Gasteiger partial charge in [-0.05, 0) is 55.9 Å². The number of nitrogens with zero attached hydrogens (tertiary/aromatic N) is 2. The molecule has 2 rings (SSSR count). The first-order valence-corrected chi connectivity index (χ1v) is 8.60. The molecule has 26 heavy (non-hydrogen) atoms. The molecule has 140 valence electrons. The normalized spacial score (nSPS) is 12.9. The molecule has 0 saturated carbocycles. The van der Waals surface area contributed by atoms with E-state index in [1.807, 2.05) is 25.1 Å². The predicted octanol–water partition coefficient (Wildman–Crippen LogP) is 2.98. The summed E-state index contributed by atoms with van der Waals surface area (Å²) in [6, 6.07) is 13.1. The van der Waals surface area contributed by atoms with Gasteiger partial charge in [0.15, 0.2) is 5.96 Å². The Labute approximate surface area is 153 Å². The maximum atomic E-state index is 13.5. The van der Waals surface area contributed by atoms with Gasteiger partial charge in [0.1, 0.15) is 11.6 Å². The molecule has 6 heteroatoms. The summed E-state index contributed by atoms with van der Waals surface area (Å²) in [6.07, 6.45) is 0.766. The zero-order valence-electron chi connectivity index (χ0n) is 15.5. The zero-order valence-corrected chi connectivity index (χ0v) is 15.5. The molecule has 0 aliphatic heterocycles. The second kappa shape index (κ2) is 9.87. The molecular weight excluding hydrogens is 334 g/mol. The van der Waals surface area contributed by atoms with Gasteiger partial charge in [0, 0.05) is 20.1 Å². The average Bonchev–Trinajstić information content (AvgIpc) is 2.62. The quantitative estimate of drug-likeness (QED) is 0.589. The number of guanidine groups is 1. The maximum absolute atomic E-state index is 13.5. The van der Waals surface area contributed by atoms with Crippen LogP contribution in [0.2, 0.25) is 0 Å². The lowest BCUT2D eigenvalue weighted by Gasteiger charge is -2.26. The summed E-state index contributed by atoms with van der Waals surface area (Å²) >= 11 is 0. The Morgan fingerprint density at radius 3 is 2.38 bits per heavy atom. The summed E-state index contributed by atoms with van der Waals surface area (Å²) in [5.74, 6) is 0.206. The molecule has 0 radical (unpaired) electrons. The summed E-state index contributed by atoms with van der Waals surface area (Å²) < 4.78 is 26.4. The van der Waals surface area contributed by atoms with Crippen molar-refractivity contribution in [3.05, 3.63) is 71.3 Å². The summed E-state index contributed by atoms with van der Waals surface area (Å²) in [6.45, 7) is 1.27. The topological polar surface area (TPSA) is 39.7 Å². The predicted molar refractivity (Wildman–Crippen MR) is 102 cm³/mol. The number of aliphatic imine (C=N–C) groups is 1. The summed E-state index contributed by atoms with van der Waals surface area (Å²) in [4.78, 5) is 6.25. The van der Waals surface area contributed by atoms with Crippen molar-refractivity contribution in [2.24, 2.45) is 4.99 Å². The van der Waals surface area contributed by atoms with Crippen LogP contribution in [0.15, 0.2) is 53.5 Å². The van der Waals surface area contributed by atoms with E-state index in [4.69, 9.17) is 0 Å². The number of hydrogen-bond acceptors (Lipinski definition) is 2. The molecule has 2 aromatic rings. The maximum Gasteiger partial charge on any atom is 0.191 e. The van der Waals surface area contributed by atoms with E-state index in [2.05, 4.69) is 15.6 Å². The van der Waals surface area contributed by atoms with Crippen molar-refractivity contribution in [1.82, 2.24) is 15.5 Å². The number of rotatable bonds is 7. The van der Waals surface area contributed by atoms with Crippen LogP contribution >= 0.6 is 0 Å². The molecule has 0 bridgehead atoms. The van der Waals surface area contributed by atoms with Gasteiger partial charge in [0.25, 0.3) is 0 Å². The van der Waals surface area contributed by atoms with Gasteiger partial charge in [-0.3, -0.25) is 4.99 Å². The van der Waals surface area contributed by atoms with E-state index in [0.29, 0.717) is 19.0 Å². The molecule has 0 heterocycles. The Balaban J connectivity index is 1.87. The number of nitrogens with one attached hydrogen (secondary N) is 2. The molecule has 1 unspecified atom stereocenters. The molecule has 0 saturated heterocycles. The molecule has 0 amide bonds. The van der Waals surface area contributed by atoms with Crippen molar-refractivity contribution in [2.45, 2.75) is 12.5 Å². The fourth-order valence-electron chi connectivity index (χ4n) is 2.70. The highest BCUT2D eigenvalue weighted by Gasteiger charge is 2.15. The molecular formula is C20H26F2N4. The third kappa shape index (κ3) is 6.11. The van der Waals surface area contributed by atoms with Gasteiger partial charge >= 0.3 is 0 Å². The van der Waals surface area contributed by atoms with Crippen molar-refractivity contribution in [3.8, 4) is 0 Å². The SMILES string of the molecule is CN=C(NCCc1ccc(F)cc1)NCC(c1cccc(F)c1)N(C)C. The van der Waals surface area contributed by atoms with Gasteiger partial charge < -0.3 is 15.5 Å². The minimum atomic E-state index is -0.240. The lowest BCUT2D eigenvalue weighted by molar-refractivity contribution is 0.297. The van der Waals surface area contributed by atoms with Crippen molar-refractivity contribution in [2.75, 3.05) is 34.2 Å². The molecule has 1 atom stereocenters. The van der Waals surface area contributed by atoms with Crippen LogP contribution in [-0.4, -0.2) is 45.1 Å². The van der Waals surface area contributed by atoms with Crippen LogP contribution in [-0.2, 0) is 6.42 Å². The number of likely N-dealkylation sites (N-methyl/N-ethyl adjacent to an activating group) is 1. The van der Waals surface area contributed by atoms with Crippen LogP contribution in [0, 0.1) is 11.6 Å². The van der Waals surface area contributed by atoms with E-state index in [0.717, 1.165) is 17.5 Å². The standard InChI is InChI=1S/C20H26F2N4/c1-23-20(24-12-11-15-7-9-17(21)10-8-15)25-14-19(26(2)3)16-5-4-6-18(22)13-16/h4-10,13,19H,11-12,14H2,1-3H3,(H2,23,24,25). The minimum absolute atomic E-state index is 0.0151. The van der Waals surface area contributed by atoms with Crippen LogP contribution in [0.5, 0.6) is 0 Å². The van der Waals surface area contributed by atoms with Gasteiger partial charge in [-0.1, -0.05) is 24.3 Å². The zero-order chi connectivity index (χ0) is 18.9. The Bertz CT molecular complexity index is 714. The van der Waals surface area contributed by atoms with Gasteiger partial charge in [-0.2, -0.15) is 0 Å². The van der Waals surface area contributed by atoms with Gasteiger partial charge in [0.05, 0.1) is 6.04 Å². The summed E-state index contributed by atoms with van der Waals surface area (Å²) in [5.41, 5.74) is 1.96. The van der Waals surface area contributed by atoms with Crippen molar-refractivity contribution in [3.63, 3.8) is 0 Å². The second-order valence-corrected chi connectivity index (χ2v) is 6.29. The highest BCUT2D eigenvalue weighted by molar-refractivity contribution is 5.79. The first-order valence-electron chi connectivity index (χ1n) is 8.60. The molecule has 0 aliphatic carbocycles. The van der Waals surface area contributed by atoms with E-state index >= 15 is 0 Å². The Kier molecular flexibility index (Phi) is 7.53. The molecule has 0 aliphatic rings. The van der Waals surface area contributed by atoms with E-state index in [-0.39, 0.29) is 17.7 Å². The monoisotopic (exact) mass is 360 g/mol. The lowest BCUT2D eigenvalue weighted by Crippen LogP contribution is -2.42. The number of halogens is 2. The van der Waals surface area contributed by atoms with Crippen molar-refractivity contribution < 1.29 is 8.78 Å². The van der Waals surface area contributed by atoms with E-state index in [9.17, 15) is 8.78 Å². The fraction of sp³-hybridized carbons (Fsp3) is 0.350. The molecule has 2 N–H and O–H groups in total. The van der Waals surface area contributed by atoms with Gasteiger partial charge in [-0.25, -0.2) is 8.78 Å².